The second kappa shape index (κ2) is 6.41. The van der Waals surface area contributed by atoms with Crippen LogP contribution in [-0.4, -0.2) is 15.1 Å². The Bertz CT molecular complexity index is 1210. The second-order valence-electron chi connectivity index (χ2n) is 6.11. The van der Waals surface area contributed by atoms with Crippen molar-refractivity contribution in [3.8, 4) is 5.75 Å². The first-order chi connectivity index (χ1) is 12.5. The van der Waals surface area contributed by atoms with Crippen LogP contribution in [0.1, 0.15) is 21.6 Å². The number of hydrogen-bond donors (Lipinski definition) is 1. The number of benzene rings is 1. The summed E-state index contributed by atoms with van der Waals surface area (Å²) >= 11 is 3.24. The molecule has 3 aromatic heterocycles. The summed E-state index contributed by atoms with van der Waals surface area (Å²) in [7, 11) is 0. The molecule has 7 heteroatoms. The molecule has 0 spiro atoms. The highest BCUT2D eigenvalue weighted by Crippen LogP contribution is 2.36. The zero-order valence-electron chi connectivity index (χ0n) is 14.5. The SMILES string of the molecule is Cc1sc2ncnc(SCc3cc(=O)oc4c(C)c(O)ccc34)c2c1C. The van der Waals surface area contributed by atoms with Gasteiger partial charge >= 0.3 is 5.63 Å². The van der Waals surface area contributed by atoms with Crippen molar-refractivity contribution in [2.75, 3.05) is 0 Å². The highest BCUT2D eigenvalue weighted by Gasteiger charge is 2.15. The molecule has 132 valence electrons. The van der Waals surface area contributed by atoms with Gasteiger partial charge in [0.05, 0.1) is 0 Å². The van der Waals surface area contributed by atoms with E-state index in [0.29, 0.717) is 16.9 Å². The summed E-state index contributed by atoms with van der Waals surface area (Å²) in [5.74, 6) is 0.694. The summed E-state index contributed by atoms with van der Waals surface area (Å²) in [5, 5.41) is 12.7. The van der Waals surface area contributed by atoms with Crippen molar-refractivity contribution in [2.45, 2.75) is 31.6 Å². The van der Waals surface area contributed by atoms with E-state index in [1.165, 1.54) is 16.5 Å². The van der Waals surface area contributed by atoms with Gasteiger partial charge in [-0.25, -0.2) is 14.8 Å². The van der Waals surface area contributed by atoms with Gasteiger partial charge in [0.2, 0.25) is 0 Å². The van der Waals surface area contributed by atoms with Gasteiger partial charge < -0.3 is 9.52 Å². The van der Waals surface area contributed by atoms with Crippen molar-refractivity contribution >= 4 is 44.3 Å². The molecule has 0 amide bonds. The van der Waals surface area contributed by atoms with Crippen LogP contribution in [0.5, 0.6) is 5.75 Å². The van der Waals surface area contributed by atoms with Crippen LogP contribution in [0.2, 0.25) is 0 Å². The van der Waals surface area contributed by atoms with Crippen molar-refractivity contribution in [3.63, 3.8) is 0 Å². The minimum atomic E-state index is -0.419. The van der Waals surface area contributed by atoms with E-state index in [1.807, 2.05) is 0 Å². The van der Waals surface area contributed by atoms with E-state index in [2.05, 4.69) is 23.8 Å². The van der Waals surface area contributed by atoms with Crippen molar-refractivity contribution in [3.05, 3.63) is 56.5 Å². The molecule has 0 saturated carbocycles. The van der Waals surface area contributed by atoms with Gasteiger partial charge in [0.15, 0.2) is 0 Å². The normalized spacial score (nSPS) is 11.5. The van der Waals surface area contributed by atoms with Crippen LogP contribution in [0.3, 0.4) is 0 Å². The number of aromatic hydroxyl groups is 1. The lowest BCUT2D eigenvalue weighted by molar-refractivity contribution is 0.468. The molecule has 0 fully saturated rings. The van der Waals surface area contributed by atoms with Gasteiger partial charge in [-0.15, -0.1) is 23.1 Å². The first kappa shape index (κ1) is 17.1. The summed E-state index contributed by atoms with van der Waals surface area (Å²) in [6.07, 6.45) is 1.58. The van der Waals surface area contributed by atoms with Crippen molar-refractivity contribution < 1.29 is 9.52 Å². The quantitative estimate of drug-likeness (QED) is 0.313. The molecule has 0 aliphatic rings. The fraction of sp³-hybridized carbons (Fsp3) is 0.211. The number of aryl methyl sites for hydroxylation is 3. The van der Waals surface area contributed by atoms with E-state index >= 15 is 0 Å². The second-order valence-corrected chi connectivity index (χ2v) is 8.28. The van der Waals surface area contributed by atoms with Crippen LogP contribution in [0, 0.1) is 20.8 Å². The standard InChI is InChI=1S/C19H16N2O3S2/c1-9-11(3)26-19-16(9)18(20-8-21-19)25-7-12-6-15(23)24-17-10(2)14(22)5-4-13(12)17/h4-6,8,22H,7H2,1-3H3. The number of fused-ring (bicyclic) bond motifs is 2. The molecule has 3 heterocycles. The summed E-state index contributed by atoms with van der Waals surface area (Å²) in [4.78, 5) is 23.0. The summed E-state index contributed by atoms with van der Waals surface area (Å²) in [5.41, 5.74) is 2.65. The topological polar surface area (TPSA) is 76.2 Å². The molecule has 0 saturated heterocycles. The maximum atomic E-state index is 12.0. The number of phenols is 1. The third kappa shape index (κ3) is 2.77. The molecular formula is C19H16N2O3S2. The number of aromatic nitrogens is 2. The molecule has 0 unspecified atom stereocenters. The molecule has 0 aliphatic heterocycles. The minimum absolute atomic E-state index is 0.118. The van der Waals surface area contributed by atoms with Gasteiger partial charge in [0.25, 0.3) is 0 Å². The van der Waals surface area contributed by atoms with Crippen LogP contribution < -0.4 is 5.63 Å². The van der Waals surface area contributed by atoms with E-state index in [-0.39, 0.29) is 5.75 Å². The first-order valence-corrected chi connectivity index (χ1v) is 9.84. The number of thiophene rings is 1. The Morgan fingerprint density at radius 1 is 1.19 bits per heavy atom. The van der Waals surface area contributed by atoms with Gasteiger partial charge in [-0.2, -0.15) is 0 Å². The number of nitrogens with zero attached hydrogens (tertiary/aromatic N) is 2. The molecule has 4 aromatic rings. The van der Waals surface area contributed by atoms with Crippen molar-refractivity contribution in [1.29, 1.82) is 0 Å². The third-order valence-electron chi connectivity index (χ3n) is 4.51. The summed E-state index contributed by atoms with van der Waals surface area (Å²) in [6.45, 7) is 5.91. The van der Waals surface area contributed by atoms with E-state index in [9.17, 15) is 9.90 Å². The van der Waals surface area contributed by atoms with E-state index in [1.54, 1.807) is 48.5 Å². The molecule has 26 heavy (non-hydrogen) atoms. The van der Waals surface area contributed by atoms with E-state index < -0.39 is 5.63 Å². The van der Waals surface area contributed by atoms with Crippen LogP contribution in [0.25, 0.3) is 21.2 Å². The average molecular weight is 384 g/mol. The highest BCUT2D eigenvalue weighted by molar-refractivity contribution is 7.98. The van der Waals surface area contributed by atoms with E-state index in [0.717, 1.165) is 26.2 Å². The molecule has 0 aliphatic carbocycles. The lowest BCUT2D eigenvalue weighted by atomic mass is 10.1. The van der Waals surface area contributed by atoms with Gasteiger partial charge in [0.1, 0.15) is 27.5 Å². The van der Waals surface area contributed by atoms with Crippen LogP contribution in [0.4, 0.5) is 0 Å². The predicted octanol–water partition coefficient (Wildman–Crippen LogP) is 4.72. The minimum Gasteiger partial charge on any atom is -0.508 e. The Morgan fingerprint density at radius 3 is 2.81 bits per heavy atom. The number of hydrogen-bond acceptors (Lipinski definition) is 7. The average Bonchev–Trinajstić information content (AvgIpc) is 2.91. The van der Waals surface area contributed by atoms with E-state index in [4.69, 9.17) is 4.42 Å². The van der Waals surface area contributed by atoms with Gasteiger partial charge in [-0.3, -0.25) is 0 Å². The monoisotopic (exact) mass is 384 g/mol. The maximum absolute atomic E-state index is 12.0. The molecule has 5 nitrogen and oxygen atoms in total. The molecule has 0 atom stereocenters. The van der Waals surface area contributed by atoms with Crippen LogP contribution >= 0.6 is 23.1 Å². The van der Waals surface area contributed by atoms with Gasteiger partial charge in [-0.05, 0) is 44.0 Å². The smallest absolute Gasteiger partial charge is 0.336 e. The lowest BCUT2D eigenvalue weighted by Crippen LogP contribution is -2.01. The fourth-order valence-corrected chi connectivity index (χ4v) is 5.05. The molecule has 0 radical (unpaired) electrons. The maximum Gasteiger partial charge on any atom is 0.336 e. The van der Waals surface area contributed by atoms with Crippen molar-refractivity contribution in [1.82, 2.24) is 9.97 Å². The molecule has 1 aromatic carbocycles. The Hall–Kier alpha value is -2.38. The largest absolute Gasteiger partial charge is 0.508 e. The number of rotatable bonds is 3. The summed E-state index contributed by atoms with van der Waals surface area (Å²) < 4.78 is 5.31. The Morgan fingerprint density at radius 2 is 2.00 bits per heavy atom. The third-order valence-corrected chi connectivity index (χ3v) is 6.67. The number of thioether (sulfide) groups is 1. The first-order valence-electron chi connectivity index (χ1n) is 8.04. The molecule has 0 bridgehead atoms. The molecule has 4 rings (SSSR count). The zero-order chi connectivity index (χ0) is 18.4. The molecular weight excluding hydrogens is 368 g/mol. The van der Waals surface area contributed by atoms with Gasteiger partial charge in [-0.1, -0.05) is 0 Å². The molecule has 1 N–H and O–H groups in total. The lowest BCUT2D eigenvalue weighted by Gasteiger charge is -2.08. The summed E-state index contributed by atoms with van der Waals surface area (Å²) in [6, 6.07) is 4.92. The van der Waals surface area contributed by atoms with Gasteiger partial charge in [0, 0.05) is 33.0 Å². The van der Waals surface area contributed by atoms with Crippen LogP contribution in [-0.2, 0) is 5.75 Å². The predicted molar refractivity (Wildman–Crippen MR) is 105 cm³/mol. The Kier molecular flexibility index (Phi) is 4.20. The fourth-order valence-electron chi connectivity index (χ4n) is 2.94. The zero-order valence-corrected chi connectivity index (χ0v) is 16.1. The Labute approximate surface area is 157 Å². The Balaban J connectivity index is 1.78. The highest BCUT2D eigenvalue weighted by atomic mass is 32.2. The van der Waals surface area contributed by atoms with Crippen molar-refractivity contribution in [2.24, 2.45) is 0 Å². The number of phenolic OH excluding ortho intramolecular Hbond substituents is 1. The van der Waals surface area contributed by atoms with Crippen LogP contribution in [0.15, 0.2) is 38.8 Å².